The number of allylic oxidation sites excluding steroid dienone is 2. The summed E-state index contributed by atoms with van der Waals surface area (Å²) in [5.41, 5.74) is 2.05. The summed E-state index contributed by atoms with van der Waals surface area (Å²) in [5, 5.41) is 0. The van der Waals surface area contributed by atoms with E-state index in [-0.39, 0.29) is 18.9 Å². The molecule has 1 aliphatic rings. The average Bonchev–Trinajstić information content (AvgIpc) is 2.56. The van der Waals surface area contributed by atoms with Gasteiger partial charge in [-0.05, 0) is 62.0 Å². The Hall–Kier alpha value is -1.22. The van der Waals surface area contributed by atoms with Gasteiger partial charge in [0, 0.05) is 6.42 Å². The molecule has 0 aromatic heterocycles. The van der Waals surface area contributed by atoms with Crippen molar-refractivity contribution in [3.63, 3.8) is 0 Å². The Morgan fingerprint density at radius 3 is 2.29 bits per heavy atom. The van der Waals surface area contributed by atoms with Gasteiger partial charge in [0.15, 0.2) is 0 Å². The summed E-state index contributed by atoms with van der Waals surface area (Å²) in [6, 6.07) is 7.79. The van der Waals surface area contributed by atoms with Gasteiger partial charge < -0.3 is 4.74 Å². The maximum Gasteiger partial charge on any atom is 0.356 e. The smallest absolute Gasteiger partial charge is 0.316 e. The summed E-state index contributed by atoms with van der Waals surface area (Å²) in [6.45, 7) is 4.12. The summed E-state index contributed by atoms with van der Waals surface area (Å²) in [4.78, 5) is 0. The normalized spacial score (nSPS) is 22.2. The number of hydrogen-bond acceptors (Lipinski definition) is 1. The van der Waals surface area contributed by atoms with Crippen molar-refractivity contribution in [2.45, 2.75) is 71.5 Å². The molecule has 0 heterocycles. The third kappa shape index (κ3) is 6.35. The zero-order valence-electron chi connectivity index (χ0n) is 14.9. The summed E-state index contributed by atoms with van der Waals surface area (Å²) in [5.74, 6) is 0.649. The van der Waals surface area contributed by atoms with Gasteiger partial charge in [-0.1, -0.05) is 49.8 Å². The van der Waals surface area contributed by atoms with Crippen molar-refractivity contribution in [2.75, 3.05) is 0 Å². The zero-order chi connectivity index (χ0) is 17.4. The highest BCUT2D eigenvalue weighted by Gasteiger charge is 2.35. The third-order valence-corrected chi connectivity index (χ3v) is 4.89. The number of aryl methyl sites for hydroxylation is 1. The molecule has 0 spiro atoms. The van der Waals surface area contributed by atoms with Gasteiger partial charge in [0.2, 0.25) is 0 Å². The molecule has 1 aliphatic carbocycles. The largest absolute Gasteiger partial charge is 0.356 e. The van der Waals surface area contributed by atoms with E-state index in [2.05, 4.69) is 19.1 Å². The van der Waals surface area contributed by atoms with Crippen LogP contribution in [0.4, 0.5) is 8.78 Å². The van der Waals surface area contributed by atoms with Crippen molar-refractivity contribution in [3.05, 3.63) is 47.5 Å². The van der Waals surface area contributed by atoms with E-state index in [1.165, 1.54) is 5.56 Å². The molecule has 0 saturated heterocycles. The highest BCUT2D eigenvalue weighted by atomic mass is 19.3. The predicted octanol–water partition coefficient (Wildman–Crippen LogP) is 6.52. The molecule has 1 nitrogen and oxygen atoms in total. The van der Waals surface area contributed by atoms with Gasteiger partial charge in [-0.3, -0.25) is 0 Å². The van der Waals surface area contributed by atoms with E-state index in [4.69, 9.17) is 4.74 Å². The van der Waals surface area contributed by atoms with Crippen molar-refractivity contribution in [1.82, 2.24) is 0 Å². The highest BCUT2D eigenvalue weighted by molar-refractivity contribution is 5.22. The topological polar surface area (TPSA) is 9.23 Å². The van der Waals surface area contributed by atoms with Crippen LogP contribution < -0.4 is 0 Å². The Balaban J connectivity index is 1.76. The Morgan fingerprint density at radius 2 is 1.71 bits per heavy atom. The first kappa shape index (κ1) is 19.1. The molecule has 0 amide bonds. The summed E-state index contributed by atoms with van der Waals surface area (Å²) >= 11 is 0. The molecule has 3 heteroatoms. The molecular weight excluding hydrogens is 306 g/mol. The second-order valence-corrected chi connectivity index (χ2v) is 7.00. The summed E-state index contributed by atoms with van der Waals surface area (Å²) in [6.07, 6.45) is 6.98. The lowest BCUT2D eigenvalue weighted by Crippen LogP contribution is -2.26. The Bertz CT molecular complexity index is 499. The van der Waals surface area contributed by atoms with Crippen LogP contribution in [-0.2, 0) is 17.8 Å². The maximum atomic E-state index is 14.1. The molecule has 1 aromatic carbocycles. The van der Waals surface area contributed by atoms with Crippen molar-refractivity contribution < 1.29 is 13.5 Å². The SMILES string of the molecule is CC=CC1CCC(CC(F)(F)OCc2ccc(CCC)cc2)CC1. The second-order valence-electron chi connectivity index (χ2n) is 7.00. The molecule has 0 atom stereocenters. The molecule has 0 unspecified atom stereocenters. The first-order valence-electron chi connectivity index (χ1n) is 9.25. The first-order chi connectivity index (χ1) is 11.5. The quantitative estimate of drug-likeness (QED) is 0.491. The molecule has 0 radical (unpaired) electrons. The minimum absolute atomic E-state index is 0.0205. The molecule has 1 fully saturated rings. The number of benzene rings is 1. The van der Waals surface area contributed by atoms with E-state index in [0.717, 1.165) is 44.1 Å². The Kier molecular flexibility index (Phi) is 7.41. The highest BCUT2D eigenvalue weighted by Crippen LogP contribution is 2.37. The molecular formula is C21H30F2O. The van der Waals surface area contributed by atoms with Crippen LogP contribution in [0.15, 0.2) is 36.4 Å². The van der Waals surface area contributed by atoms with E-state index in [1.807, 2.05) is 31.2 Å². The molecule has 0 bridgehead atoms. The van der Waals surface area contributed by atoms with Crippen LogP contribution in [0.3, 0.4) is 0 Å². The van der Waals surface area contributed by atoms with Gasteiger partial charge in [-0.15, -0.1) is 0 Å². The first-order valence-corrected chi connectivity index (χ1v) is 9.25. The van der Waals surface area contributed by atoms with Gasteiger partial charge in [0.05, 0.1) is 6.61 Å². The monoisotopic (exact) mass is 336 g/mol. The lowest BCUT2D eigenvalue weighted by atomic mass is 9.80. The van der Waals surface area contributed by atoms with Crippen LogP contribution >= 0.6 is 0 Å². The minimum Gasteiger partial charge on any atom is -0.316 e. The Morgan fingerprint density at radius 1 is 1.08 bits per heavy atom. The molecule has 2 rings (SSSR count). The van der Waals surface area contributed by atoms with Crippen LogP contribution in [0.2, 0.25) is 0 Å². The predicted molar refractivity (Wildman–Crippen MR) is 95.1 cm³/mol. The third-order valence-electron chi connectivity index (χ3n) is 4.89. The number of rotatable bonds is 8. The minimum atomic E-state index is -3.03. The van der Waals surface area contributed by atoms with E-state index in [0.29, 0.717) is 5.92 Å². The number of alkyl halides is 2. The number of halogens is 2. The molecule has 1 saturated carbocycles. The van der Waals surface area contributed by atoms with Gasteiger partial charge in [-0.2, -0.15) is 8.78 Å². The number of hydrogen-bond donors (Lipinski definition) is 0. The molecule has 0 aliphatic heterocycles. The molecule has 1 aromatic rings. The van der Waals surface area contributed by atoms with E-state index >= 15 is 0 Å². The second kappa shape index (κ2) is 9.31. The molecule has 24 heavy (non-hydrogen) atoms. The van der Waals surface area contributed by atoms with E-state index in [9.17, 15) is 8.78 Å². The average molecular weight is 336 g/mol. The van der Waals surface area contributed by atoms with Crippen molar-refractivity contribution in [2.24, 2.45) is 11.8 Å². The van der Waals surface area contributed by atoms with Crippen LogP contribution in [0, 0.1) is 11.8 Å². The molecule has 0 N–H and O–H groups in total. The van der Waals surface area contributed by atoms with Gasteiger partial charge in [0.25, 0.3) is 0 Å². The summed E-state index contributed by atoms with van der Waals surface area (Å²) < 4.78 is 33.2. The summed E-state index contributed by atoms with van der Waals surface area (Å²) in [7, 11) is 0. The van der Waals surface area contributed by atoms with Crippen LogP contribution in [0.1, 0.15) is 63.5 Å². The van der Waals surface area contributed by atoms with Gasteiger partial charge >= 0.3 is 6.11 Å². The Labute approximate surface area is 145 Å². The maximum absolute atomic E-state index is 14.1. The van der Waals surface area contributed by atoms with Crippen molar-refractivity contribution in [1.29, 1.82) is 0 Å². The fourth-order valence-electron chi connectivity index (χ4n) is 3.53. The lowest BCUT2D eigenvalue weighted by molar-refractivity contribution is -0.256. The van der Waals surface area contributed by atoms with Gasteiger partial charge in [0.1, 0.15) is 0 Å². The van der Waals surface area contributed by atoms with Gasteiger partial charge in [-0.25, -0.2) is 0 Å². The van der Waals surface area contributed by atoms with Crippen molar-refractivity contribution >= 4 is 0 Å². The van der Waals surface area contributed by atoms with E-state index < -0.39 is 6.11 Å². The standard InChI is InChI=1S/C21H30F2O/c1-3-5-17-7-11-19(12-8-17)15-21(22,23)24-16-20-13-9-18(6-4-2)10-14-20/h3,5,9-10,13-14,17,19H,4,6-8,11-12,15-16H2,1-2H3. The molecule has 134 valence electrons. The zero-order valence-corrected chi connectivity index (χ0v) is 14.9. The van der Waals surface area contributed by atoms with E-state index in [1.54, 1.807) is 0 Å². The van der Waals surface area contributed by atoms with Crippen molar-refractivity contribution in [3.8, 4) is 0 Å². The lowest BCUT2D eigenvalue weighted by Gasteiger charge is -2.29. The van der Waals surface area contributed by atoms with Crippen LogP contribution in [-0.4, -0.2) is 6.11 Å². The fraction of sp³-hybridized carbons (Fsp3) is 0.619. The fourth-order valence-corrected chi connectivity index (χ4v) is 3.53. The van der Waals surface area contributed by atoms with Crippen LogP contribution in [0.5, 0.6) is 0 Å². The van der Waals surface area contributed by atoms with Crippen LogP contribution in [0.25, 0.3) is 0 Å². The number of ether oxygens (including phenoxy) is 1.